The summed E-state index contributed by atoms with van der Waals surface area (Å²) in [5.74, 6) is -0.0864. The van der Waals surface area contributed by atoms with E-state index in [-0.39, 0.29) is 23.8 Å². The molecule has 2 aliphatic heterocycles. The number of likely N-dealkylation sites (tertiary alicyclic amines) is 2. The van der Waals surface area contributed by atoms with Crippen molar-refractivity contribution in [2.24, 2.45) is 0 Å². The average molecular weight is 350 g/mol. The van der Waals surface area contributed by atoms with Crippen molar-refractivity contribution in [3.63, 3.8) is 0 Å². The van der Waals surface area contributed by atoms with E-state index in [4.69, 9.17) is 0 Å². The zero-order valence-electron chi connectivity index (χ0n) is 14.7. The number of hydrogen-bond donors (Lipinski definition) is 0. The molecular weight excluding hydrogens is 328 g/mol. The van der Waals surface area contributed by atoms with Crippen molar-refractivity contribution < 1.29 is 14.4 Å². The van der Waals surface area contributed by atoms with Crippen molar-refractivity contribution in [1.29, 1.82) is 0 Å². The Balaban J connectivity index is 1.48. The lowest BCUT2D eigenvalue weighted by Crippen LogP contribution is -2.52. The number of carbonyl (C=O) groups excluding carboxylic acids is 3. The molecule has 0 saturated carbocycles. The summed E-state index contributed by atoms with van der Waals surface area (Å²) in [7, 11) is 0. The molecule has 2 saturated heterocycles. The molecule has 0 N–H and O–H groups in total. The van der Waals surface area contributed by atoms with Gasteiger partial charge in [0.05, 0.1) is 0 Å². The summed E-state index contributed by atoms with van der Waals surface area (Å²) < 4.78 is 0. The second kappa shape index (κ2) is 6.90. The quantitative estimate of drug-likeness (QED) is 0.783. The topological polar surface area (TPSA) is 57.7 Å². The first kappa shape index (κ1) is 16.8. The predicted octanol–water partition coefficient (Wildman–Crippen LogP) is 2.98. The van der Waals surface area contributed by atoms with Gasteiger partial charge in [-0.15, -0.1) is 0 Å². The van der Waals surface area contributed by atoms with Crippen LogP contribution in [0.4, 0.5) is 0 Å². The molecule has 0 unspecified atom stereocenters. The van der Waals surface area contributed by atoms with Gasteiger partial charge < -0.3 is 4.90 Å². The minimum atomic E-state index is -0.0631. The zero-order chi connectivity index (χ0) is 18.1. The van der Waals surface area contributed by atoms with Crippen LogP contribution in [0.2, 0.25) is 0 Å². The molecule has 5 heteroatoms. The van der Waals surface area contributed by atoms with Gasteiger partial charge in [-0.2, -0.15) is 0 Å². The molecule has 0 radical (unpaired) electrons. The van der Waals surface area contributed by atoms with Gasteiger partial charge in [0.1, 0.15) is 0 Å². The Bertz CT molecular complexity index is 847. The van der Waals surface area contributed by atoms with E-state index in [1.807, 2.05) is 47.4 Å². The molecule has 26 heavy (non-hydrogen) atoms. The highest BCUT2D eigenvalue weighted by Crippen LogP contribution is 2.25. The summed E-state index contributed by atoms with van der Waals surface area (Å²) in [5, 5.41) is 2.02. The molecule has 0 aliphatic carbocycles. The van der Waals surface area contributed by atoms with E-state index in [1.54, 1.807) is 0 Å². The van der Waals surface area contributed by atoms with Crippen molar-refractivity contribution in [3.05, 3.63) is 48.0 Å². The van der Waals surface area contributed by atoms with Crippen LogP contribution < -0.4 is 0 Å². The molecule has 4 rings (SSSR count). The van der Waals surface area contributed by atoms with Crippen molar-refractivity contribution in [3.8, 4) is 0 Å². The summed E-state index contributed by atoms with van der Waals surface area (Å²) >= 11 is 0. The van der Waals surface area contributed by atoms with Crippen LogP contribution >= 0.6 is 0 Å². The molecule has 2 aromatic rings. The lowest BCUT2D eigenvalue weighted by Gasteiger charge is -2.39. The predicted molar refractivity (Wildman–Crippen MR) is 98.6 cm³/mol. The van der Waals surface area contributed by atoms with E-state index in [1.165, 1.54) is 4.90 Å². The second-order valence-corrected chi connectivity index (χ2v) is 7.06. The Morgan fingerprint density at radius 2 is 1.54 bits per heavy atom. The third-order valence-corrected chi connectivity index (χ3v) is 5.46. The lowest BCUT2D eigenvalue weighted by atomic mass is 9.97. The normalized spacial score (nSPS) is 19.2. The fourth-order valence-electron chi connectivity index (χ4n) is 4.09. The minimum Gasteiger partial charge on any atom is -0.338 e. The maximum Gasteiger partial charge on any atom is 0.254 e. The van der Waals surface area contributed by atoms with E-state index in [9.17, 15) is 14.4 Å². The van der Waals surface area contributed by atoms with Crippen molar-refractivity contribution in [1.82, 2.24) is 9.80 Å². The van der Waals surface area contributed by atoms with Gasteiger partial charge in [0.15, 0.2) is 0 Å². The third kappa shape index (κ3) is 2.98. The van der Waals surface area contributed by atoms with E-state index in [0.717, 1.165) is 10.8 Å². The number of rotatable bonds is 2. The van der Waals surface area contributed by atoms with Gasteiger partial charge >= 0.3 is 0 Å². The molecule has 0 aromatic heterocycles. The first-order valence-corrected chi connectivity index (χ1v) is 9.27. The highest BCUT2D eigenvalue weighted by molar-refractivity contribution is 6.07. The van der Waals surface area contributed by atoms with Crippen LogP contribution in [0.1, 0.15) is 42.5 Å². The van der Waals surface area contributed by atoms with Gasteiger partial charge in [0.25, 0.3) is 5.91 Å². The summed E-state index contributed by atoms with van der Waals surface area (Å²) in [4.78, 5) is 40.5. The molecule has 2 fully saturated rings. The van der Waals surface area contributed by atoms with Crippen LogP contribution in [0.15, 0.2) is 42.5 Å². The zero-order valence-corrected chi connectivity index (χ0v) is 14.7. The summed E-state index contributed by atoms with van der Waals surface area (Å²) in [6.45, 7) is 1.15. The number of hydrogen-bond acceptors (Lipinski definition) is 3. The van der Waals surface area contributed by atoms with Crippen LogP contribution in [0.25, 0.3) is 10.8 Å². The summed E-state index contributed by atoms with van der Waals surface area (Å²) in [5.41, 5.74) is 0.715. The van der Waals surface area contributed by atoms with Gasteiger partial charge in [-0.25, -0.2) is 0 Å². The fraction of sp³-hybridized carbons (Fsp3) is 0.381. The van der Waals surface area contributed by atoms with E-state index >= 15 is 0 Å². The molecule has 0 spiro atoms. The standard InChI is InChI=1S/C21H22N2O3/c24-19-9-4-10-20(25)23(19)16-11-13-22(14-12-16)21(26)18-8-3-6-15-5-1-2-7-17(15)18/h1-3,5-8,16H,4,9-14H2. The minimum absolute atomic E-state index is 0.0246. The Morgan fingerprint density at radius 3 is 2.27 bits per heavy atom. The summed E-state index contributed by atoms with van der Waals surface area (Å²) in [6, 6.07) is 13.6. The molecule has 0 atom stereocenters. The van der Waals surface area contributed by atoms with E-state index in [0.29, 0.717) is 50.8 Å². The molecule has 0 bridgehead atoms. The third-order valence-electron chi connectivity index (χ3n) is 5.46. The molecule has 134 valence electrons. The van der Waals surface area contributed by atoms with Crippen LogP contribution in [0.3, 0.4) is 0 Å². The molecule has 3 amide bonds. The van der Waals surface area contributed by atoms with E-state index < -0.39 is 0 Å². The number of fused-ring (bicyclic) bond motifs is 1. The highest BCUT2D eigenvalue weighted by Gasteiger charge is 2.35. The Labute approximate surface area is 152 Å². The largest absolute Gasteiger partial charge is 0.338 e. The highest BCUT2D eigenvalue weighted by atomic mass is 16.2. The SMILES string of the molecule is O=C(c1cccc2ccccc12)N1CCC(N2C(=O)CCCC2=O)CC1. The van der Waals surface area contributed by atoms with Gasteiger partial charge in [0, 0.05) is 37.5 Å². The van der Waals surface area contributed by atoms with Crippen molar-refractivity contribution in [2.45, 2.75) is 38.1 Å². The van der Waals surface area contributed by atoms with Crippen LogP contribution in [-0.2, 0) is 9.59 Å². The average Bonchev–Trinajstić information content (AvgIpc) is 2.67. The first-order valence-electron chi connectivity index (χ1n) is 9.27. The molecular formula is C21H22N2O3. The van der Waals surface area contributed by atoms with Gasteiger partial charge in [-0.05, 0) is 36.1 Å². The lowest BCUT2D eigenvalue weighted by molar-refractivity contribution is -0.151. The van der Waals surface area contributed by atoms with Crippen LogP contribution in [0.5, 0.6) is 0 Å². The Kier molecular flexibility index (Phi) is 4.45. The molecule has 2 aliphatic rings. The maximum absolute atomic E-state index is 13.0. The first-order chi connectivity index (χ1) is 12.6. The van der Waals surface area contributed by atoms with Crippen LogP contribution in [0, 0.1) is 0 Å². The molecule has 2 heterocycles. The number of benzene rings is 2. The monoisotopic (exact) mass is 350 g/mol. The maximum atomic E-state index is 13.0. The summed E-state index contributed by atoms with van der Waals surface area (Å²) in [6.07, 6.45) is 2.90. The smallest absolute Gasteiger partial charge is 0.254 e. The van der Waals surface area contributed by atoms with Gasteiger partial charge in [0.2, 0.25) is 11.8 Å². The number of nitrogens with zero attached hydrogens (tertiary/aromatic N) is 2. The fourth-order valence-corrected chi connectivity index (χ4v) is 4.09. The number of imide groups is 1. The molecule has 5 nitrogen and oxygen atoms in total. The molecule has 2 aromatic carbocycles. The Hall–Kier alpha value is -2.69. The van der Waals surface area contributed by atoms with E-state index in [2.05, 4.69) is 0 Å². The number of carbonyl (C=O) groups is 3. The number of amides is 3. The second-order valence-electron chi connectivity index (χ2n) is 7.06. The van der Waals surface area contributed by atoms with Gasteiger partial charge in [-0.3, -0.25) is 19.3 Å². The van der Waals surface area contributed by atoms with Crippen molar-refractivity contribution >= 4 is 28.5 Å². The van der Waals surface area contributed by atoms with Crippen LogP contribution in [-0.4, -0.2) is 46.7 Å². The van der Waals surface area contributed by atoms with Gasteiger partial charge in [-0.1, -0.05) is 36.4 Å². The number of piperidine rings is 2. The Morgan fingerprint density at radius 1 is 0.885 bits per heavy atom. The van der Waals surface area contributed by atoms with Crippen molar-refractivity contribution in [2.75, 3.05) is 13.1 Å².